The van der Waals surface area contributed by atoms with Crippen LogP contribution in [0.4, 0.5) is 5.69 Å². The zero-order chi connectivity index (χ0) is 22.6. The minimum atomic E-state index is -4.26. The smallest absolute Gasteiger partial charge is 0.279 e. The van der Waals surface area contributed by atoms with E-state index in [1.807, 2.05) is 6.92 Å². The Balaban J connectivity index is 2.24. The van der Waals surface area contributed by atoms with E-state index >= 15 is 0 Å². The Morgan fingerprint density at radius 1 is 0.774 bits per heavy atom. The third kappa shape index (κ3) is 4.34. The summed E-state index contributed by atoms with van der Waals surface area (Å²) >= 11 is 0. The van der Waals surface area contributed by atoms with Crippen molar-refractivity contribution in [3.63, 3.8) is 0 Å². The first-order valence-electron chi connectivity index (χ1n) is 9.35. The predicted molar refractivity (Wildman–Crippen MR) is 118 cm³/mol. The minimum Gasteiger partial charge on any atom is -0.497 e. The van der Waals surface area contributed by atoms with Gasteiger partial charge in [-0.1, -0.05) is 23.8 Å². The molecule has 8 heteroatoms. The van der Waals surface area contributed by atoms with Crippen molar-refractivity contribution in [1.29, 1.82) is 0 Å². The van der Waals surface area contributed by atoms with Crippen molar-refractivity contribution in [1.82, 2.24) is 0 Å². The average molecular weight is 442 g/mol. The Bertz CT molecular complexity index is 1150. The van der Waals surface area contributed by atoms with Crippen LogP contribution in [0.5, 0.6) is 17.2 Å². The molecule has 0 bridgehead atoms. The first kappa shape index (κ1) is 22.2. The van der Waals surface area contributed by atoms with Gasteiger partial charge in [0.1, 0.15) is 22.8 Å². The fraction of sp³-hybridized carbons (Fsp3) is 0.174. The maximum absolute atomic E-state index is 13.7. The molecule has 0 fully saturated rings. The number of methoxy groups -OCH3 is 3. The van der Waals surface area contributed by atoms with Crippen molar-refractivity contribution in [3.8, 4) is 17.2 Å². The molecule has 0 spiro atoms. The highest BCUT2D eigenvalue weighted by Crippen LogP contribution is 2.34. The molecule has 7 nitrogen and oxygen atoms in total. The summed E-state index contributed by atoms with van der Waals surface area (Å²) in [5, 5.41) is 0. The Hall–Kier alpha value is -3.52. The van der Waals surface area contributed by atoms with Crippen LogP contribution in [0, 0.1) is 6.92 Å². The van der Waals surface area contributed by atoms with E-state index in [9.17, 15) is 13.2 Å². The summed E-state index contributed by atoms with van der Waals surface area (Å²) in [6.45, 7) is 1.85. The second-order valence-electron chi connectivity index (χ2n) is 6.62. The van der Waals surface area contributed by atoms with E-state index in [1.54, 1.807) is 42.5 Å². The van der Waals surface area contributed by atoms with E-state index in [0.29, 0.717) is 5.75 Å². The van der Waals surface area contributed by atoms with E-state index in [2.05, 4.69) is 0 Å². The van der Waals surface area contributed by atoms with Crippen molar-refractivity contribution >= 4 is 21.6 Å². The van der Waals surface area contributed by atoms with Gasteiger partial charge in [-0.25, -0.2) is 8.42 Å². The molecular formula is C23H23NO6S. The molecule has 0 unspecified atom stereocenters. The molecule has 1 amide bonds. The summed E-state index contributed by atoms with van der Waals surface area (Å²) in [6, 6.07) is 17.2. The molecule has 3 aromatic rings. The van der Waals surface area contributed by atoms with Crippen LogP contribution in [0.15, 0.2) is 71.6 Å². The maximum atomic E-state index is 13.7. The number of sulfonamides is 1. The van der Waals surface area contributed by atoms with Crippen LogP contribution in [-0.4, -0.2) is 35.7 Å². The summed E-state index contributed by atoms with van der Waals surface area (Å²) in [5.74, 6) is 0.114. The largest absolute Gasteiger partial charge is 0.497 e. The highest BCUT2D eigenvalue weighted by Gasteiger charge is 2.35. The Labute approximate surface area is 181 Å². The minimum absolute atomic E-state index is 0.000922. The van der Waals surface area contributed by atoms with Gasteiger partial charge in [-0.05, 0) is 55.5 Å². The molecule has 0 saturated heterocycles. The van der Waals surface area contributed by atoms with Gasteiger partial charge in [0, 0.05) is 0 Å². The molecule has 3 rings (SSSR count). The lowest BCUT2D eigenvalue weighted by Crippen LogP contribution is -2.37. The number of anilines is 1. The maximum Gasteiger partial charge on any atom is 0.279 e. The highest BCUT2D eigenvalue weighted by molar-refractivity contribution is 7.93. The van der Waals surface area contributed by atoms with Crippen molar-refractivity contribution in [3.05, 3.63) is 77.9 Å². The Kier molecular flexibility index (Phi) is 6.50. The molecule has 0 atom stereocenters. The normalized spacial score (nSPS) is 11.0. The number of carbonyl (C=O) groups is 1. The number of nitrogens with zero attached hydrogens (tertiary/aromatic N) is 1. The molecule has 162 valence electrons. The van der Waals surface area contributed by atoms with E-state index in [1.165, 1.54) is 45.6 Å². The van der Waals surface area contributed by atoms with Crippen LogP contribution < -0.4 is 18.5 Å². The molecule has 3 aromatic carbocycles. The van der Waals surface area contributed by atoms with Crippen LogP contribution in [0.2, 0.25) is 0 Å². The van der Waals surface area contributed by atoms with Crippen LogP contribution in [-0.2, 0) is 10.0 Å². The zero-order valence-corrected chi connectivity index (χ0v) is 18.5. The van der Waals surface area contributed by atoms with Crippen LogP contribution >= 0.6 is 0 Å². The van der Waals surface area contributed by atoms with Gasteiger partial charge in [-0.3, -0.25) is 4.79 Å². The molecular weight excluding hydrogens is 418 g/mol. The lowest BCUT2D eigenvalue weighted by molar-refractivity contribution is 0.0999. The van der Waals surface area contributed by atoms with E-state index in [0.717, 1.165) is 9.87 Å². The van der Waals surface area contributed by atoms with Crippen molar-refractivity contribution in [2.45, 2.75) is 11.8 Å². The summed E-state index contributed by atoms with van der Waals surface area (Å²) in [7, 11) is 0.0458. The number of carbonyl (C=O) groups excluding carboxylic acids is 1. The SMILES string of the molecule is COc1ccc(N(C(=O)c2c(OC)cccc2OC)S(=O)(=O)c2ccc(C)cc2)cc1. The lowest BCUT2D eigenvalue weighted by atomic mass is 10.1. The number of benzene rings is 3. The number of rotatable bonds is 7. The summed E-state index contributed by atoms with van der Waals surface area (Å²) in [5.41, 5.74) is 1.05. The first-order valence-corrected chi connectivity index (χ1v) is 10.8. The zero-order valence-electron chi connectivity index (χ0n) is 17.7. The molecule has 31 heavy (non-hydrogen) atoms. The second kappa shape index (κ2) is 9.09. The molecule has 0 saturated carbocycles. The van der Waals surface area contributed by atoms with Crippen LogP contribution in [0.1, 0.15) is 15.9 Å². The van der Waals surface area contributed by atoms with Gasteiger partial charge >= 0.3 is 0 Å². The molecule has 0 aliphatic carbocycles. The quantitative estimate of drug-likeness (QED) is 0.550. The van der Waals surface area contributed by atoms with E-state index in [-0.39, 0.29) is 27.6 Å². The van der Waals surface area contributed by atoms with E-state index in [4.69, 9.17) is 14.2 Å². The van der Waals surface area contributed by atoms with Gasteiger partial charge < -0.3 is 14.2 Å². The van der Waals surface area contributed by atoms with Crippen LogP contribution in [0.25, 0.3) is 0 Å². The van der Waals surface area contributed by atoms with Gasteiger partial charge in [-0.15, -0.1) is 0 Å². The lowest BCUT2D eigenvalue weighted by Gasteiger charge is -2.24. The fourth-order valence-electron chi connectivity index (χ4n) is 3.06. The molecule has 0 aliphatic heterocycles. The molecule has 0 N–H and O–H groups in total. The number of amides is 1. The Morgan fingerprint density at radius 3 is 1.81 bits per heavy atom. The van der Waals surface area contributed by atoms with Gasteiger partial charge in [0.05, 0.1) is 31.9 Å². The third-order valence-corrected chi connectivity index (χ3v) is 6.42. The summed E-state index contributed by atoms with van der Waals surface area (Å²) in [4.78, 5) is 13.7. The van der Waals surface area contributed by atoms with Gasteiger partial charge in [0.2, 0.25) is 0 Å². The first-order chi connectivity index (χ1) is 14.8. The molecule has 0 aliphatic rings. The number of hydrogen-bond acceptors (Lipinski definition) is 6. The topological polar surface area (TPSA) is 82.1 Å². The number of hydrogen-bond donors (Lipinski definition) is 0. The molecule has 0 heterocycles. The van der Waals surface area contributed by atoms with E-state index < -0.39 is 15.9 Å². The summed E-state index contributed by atoms with van der Waals surface area (Å²) in [6.07, 6.45) is 0. The van der Waals surface area contributed by atoms with Crippen molar-refractivity contribution in [2.75, 3.05) is 25.6 Å². The summed E-state index contributed by atoms with van der Waals surface area (Å²) < 4.78 is 43.8. The Morgan fingerprint density at radius 2 is 1.32 bits per heavy atom. The van der Waals surface area contributed by atoms with Gasteiger partial charge in [0.15, 0.2) is 0 Å². The van der Waals surface area contributed by atoms with Gasteiger partial charge in [-0.2, -0.15) is 4.31 Å². The van der Waals surface area contributed by atoms with Crippen molar-refractivity contribution < 1.29 is 27.4 Å². The highest BCUT2D eigenvalue weighted by atomic mass is 32.2. The van der Waals surface area contributed by atoms with Crippen LogP contribution in [0.3, 0.4) is 0 Å². The number of aryl methyl sites for hydroxylation is 1. The fourth-order valence-corrected chi connectivity index (χ4v) is 4.46. The number of ether oxygens (including phenoxy) is 3. The third-order valence-electron chi connectivity index (χ3n) is 4.69. The predicted octanol–water partition coefficient (Wildman–Crippen LogP) is 4.06. The monoisotopic (exact) mass is 441 g/mol. The average Bonchev–Trinajstić information content (AvgIpc) is 2.79. The van der Waals surface area contributed by atoms with Gasteiger partial charge in [0.25, 0.3) is 15.9 Å². The second-order valence-corrected chi connectivity index (χ2v) is 8.41. The van der Waals surface area contributed by atoms with Crippen molar-refractivity contribution in [2.24, 2.45) is 0 Å². The molecule has 0 aromatic heterocycles. The molecule has 0 radical (unpaired) electrons. The standard InChI is InChI=1S/C23H23NO6S/c1-16-8-14-19(15-9-16)31(26,27)24(17-10-12-18(28-2)13-11-17)23(25)22-20(29-3)6-5-7-21(22)30-4/h5-15H,1-4H3.